The third kappa shape index (κ3) is 4.40. The third-order valence-corrected chi connectivity index (χ3v) is 3.68. The molecule has 24 heavy (non-hydrogen) atoms. The molecule has 0 aromatic heterocycles. The van der Waals surface area contributed by atoms with Crippen molar-refractivity contribution < 1.29 is 19.4 Å². The van der Waals surface area contributed by atoms with Gasteiger partial charge in [-0.1, -0.05) is 23.2 Å². The van der Waals surface area contributed by atoms with E-state index in [1.807, 2.05) is 0 Å². The van der Waals surface area contributed by atoms with Gasteiger partial charge in [-0.25, -0.2) is 4.79 Å². The van der Waals surface area contributed by atoms with Gasteiger partial charge in [0.1, 0.15) is 5.75 Å². The van der Waals surface area contributed by atoms with Crippen molar-refractivity contribution in [3.8, 4) is 5.75 Å². The second-order valence-corrected chi connectivity index (χ2v) is 6.39. The second kappa shape index (κ2) is 7.11. The molecule has 0 spiro atoms. The summed E-state index contributed by atoms with van der Waals surface area (Å²) in [6.07, 6.45) is 0. The lowest BCUT2D eigenvalue weighted by Crippen LogP contribution is -2.42. The van der Waals surface area contributed by atoms with Crippen molar-refractivity contribution >= 4 is 40.8 Å². The Bertz CT molecular complexity index is 773. The fraction of sp³-hybridized carbons (Fsp3) is 0.176. The molecule has 0 radical (unpaired) electrons. The highest BCUT2D eigenvalue weighted by molar-refractivity contribution is 6.31. The number of ether oxygens (including phenoxy) is 1. The van der Waals surface area contributed by atoms with Crippen LogP contribution in [0.1, 0.15) is 24.2 Å². The average molecular weight is 368 g/mol. The summed E-state index contributed by atoms with van der Waals surface area (Å²) in [6.45, 7) is 3.14. The molecule has 5 nitrogen and oxygen atoms in total. The van der Waals surface area contributed by atoms with E-state index in [0.29, 0.717) is 15.8 Å². The van der Waals surface area contributed by atoms with Crippen LogP contribution >= 0.6 is 23.2 Å². The smallest absolute Gasteiger partial charge is 0.337 e. The predicted octanol–water partition coefficient (Wildman–Crippen LogP) is 4.49. The molecule has 126 valence electrons. The Morgan fingerprint density at radius 1 is 1.04 bits per heavy atom. The number of hydrogen-bond acceptors (Lipinski definition) is 3. The third-order valence-electron chi connectivity index (χ3n) is 3.19. The first kappa shape index (κ1) is 18.1. The molecule has 2 aromatic rings. The predicted molar refractivity (Wildman–Crippen MR) is 93.2 cm³/mol. The van der Waals surface area contributed by atoms with E-state index in [-0.39, 0.29) is 11.3 Å². The largest absolute Gasteiger partial charge is 0.478 e. The zero-order valence-electron chi connectivity index (χ0n) is 13.0. The summed E-state index contributed by atoms with van der Waals surface area (Å²) in [5.41, 5.74) is -1.20. The first-order chi connectivity index (χ1) is 11.2. The first-order valence-corrected chi connectivity index (χ1v) is 7.73. The van der Waals surface area contributed by atoms with Gasteiger partial charge < -0.3 is 15.2 Å². The van der Waals surface area contributed by atoms with Crippen LogP contribution in [0.15, 0.2) is 42.5 Å². The molecule has 0 heterocycles. The summed E-state index contributed by atoms with van der Waals surface area (Å²) in [5, 5.41) is 12.6. The Kier molecular flexibility index (Phi) is 5.36. The molecule has 0 fully saturated rings. The van der Waals surface area contributed by atoms with Crippen LogP contribution in [0, 0.1) is 0 Å². The zero-order valence-corrected chi connectivity index (χ0v) is 14.5. The Morgan fingerprint density at radius 2 is 1.62 bits per heavy atom. The molecule has 0 saturated heterocycles. The standard InChI is InChI=1S/C17H15Cl2NO4/c1-17(2,24-12-6-3-10(18)4-7-12)16(23)20-14-9-11(19)5-8-13(14)15(21)22/h3-9H,1-2H3,(H,20,23)(H,21,22). The number of carbonyl (C=O) groups excluding carboxylic acids is 1. The van der Waals surface area contributed by atoms with Crippen molar-refractivity contribution in [1.29, 1.82) is 0 Å². The maximum absolute atomic E-state index is 12.5. The number of hydrogen-bond donors (Lipinski definition) is 2. The number of anilines is 1. The highest BCUT2D eigenvalue weighted by Gasteiger charge is 2.31. The van der Waals surface area contributed by atoms with Crippen molar-refractivity contribution in [3.05, 3.63) is 58.1 Å². The quantitative estimate of drug-likeness (QED) is 0.816. The molecule has 7 heteroatoms. The van der Waals surface area contributed by atoms with E-state index >= 15 is 0 Å². The van der Waals surface area contributed by atoms with Gasteiger partial charge in [0.2, 0.25) is 0 Å². The van der Waals surface area contributed by atoms with E-state index in [9.17, 15) is 14.7 Å². The van der Waals surface area contributed by atoms with E-state index in [1.54, 1.807) is 38.1 Å². The zero-order chi connectivity index (χ0) is 17.9. The number of carbonyl (C=O) groups is 2. The van der Waals surface area contributed by atoms with E-state index in [0.717, 1.165) is 0 Å². The van der Waals surface area contributed by atoms with Crippen LogP contribution in [0.25, 0.3) is 0 Å². The number of carboxylic acids is 1. The number of carboxylic acid groups (broad SMARTS) is 1. The highest BCUT2D eigenvalue weighted by Crippen LogP contribution is 2.25. The first-order valence-electron chi connectivity index (χ1n) is 6.98. The van der Waals surface area contributed by atoms with Crippen molar-refractivity contribution in [3.63, 3.8) is 0 Å². The minimum atomic E-state index is -1.24. The average Bonchev–Trinajstić information content (AvgIpc) is 2.49. The highest BCUT2D eigenvalue weighted by atomic mass is 35.5. The van der Waals surface area contributed by atoms with Crippen LogP contribution in [0.3, 0.4) is 0 Å². The van der Waals surface area contributed by atoms with Gasteiger partial charge in [0.15, 0.2) is 5.60 Å². The van der Waals surface area contributed by atoms with Gasteiger partial charge in [-0.05, 0) is 56.3 Å². The maximum Gasteiger partial charge on any atom is 0.337 e. The van der Waals surface area contributed by atoms with Crippen molar-refractivity contribution in [2.45, 2.75) is 19.4 Å². The number of nitrogens with one attached hydrogen (secondary N) is 1. The van der Waals surface area contributed by atoms with Crippen LogP contribution in [0.5, 0.6) is 5.75 Å². The van der Waals surface area contributed by atoms with Crippen molar-refractivity contribution in [2.75, 3.05) is 5.32 Å². The molecule has 0 aliphatic heterocycles. The van der Waals surface area contributed by atoms with E-state index < -0.39 is 17.5 Å². The van der Waals surface area contributed by atoms with Crippen molar-refractivity contribution in [2.24, 2.45) is 0 Å². The maximum atomic E-state index is 12.5. The minimum absolute atomic E-state index is 0.0601. The molecule has 2 rings (SSSR count). The van der Waals surface area contributed by atoms with E-state index in [4.69, 9.17) is 27.9 Å². The summed E-state index contributed by atoms with van der Waals surface area (Å²) in [5.74, 6) is -1.22. The topological polar surface area (TPSA) is 75.6 Å². The molecule has 0 aliphatic rings. The summed E-state index contributed by atoms with van der Waals surface area (Å²) >= 11 is 11.7. The minimum Gasteiger partial charge on any atom is -0.478 e. The van der Waals surface area contributed by atoms with Crippen LogP contribution in [0.2, 0.25) is 10.0 Å². The summed E-state index contributed by atoms with van der Waals surface area (Å²) in [7, 11) is 0. The summed E-state index contributed by atoms with van der Waals surface area (Å²) < 4.78 is 5.67. The monoisotopic (exact) mass is 367 g/mol. The normalized spacial score (nSPS) is 11.0. The Labute approximate surface area is 149 Å². The van der Waals surface area contributed by atoms with E-state index in [1.165, 1.54) is 18.2 Å². The van der Waals surface area contributed by atoms with Gasteiger partial charge in [-0.15, -0.1) is 0 Å². The molecule has 0 atom stereocenters. The van der Waals surface area contributed by atoms with Crippen LogP contribution in [0.4, 0.5) is 5.69 Å². The number of benzene rings is 2. The molecule has 1 amide bonds. The second-order valence-electron chi connectivity index (χ2n) is 5.52. The lowest BCUT2D eigenvalue weighted by molar-refractivity contribution is -0.128. The van der Waals surface area contributed by atoms with Crippen LogP contribution in [-0.4, -0.2) is 22.6 Å². The fourth-order valence-corrected chi connectivity index (χ4v) is 2.22. The van der Waals surface area contributed by atoms with Gasteiger partial charge in [-0.3, -0.25) is 4.79 Å². The van der Waals surface area contributed by atoms with Gasteiger partial charge in [0.25, 0.3) is 5.91 Å². The van der Waals surface area contributed by atoms with Gasteiger partial charge in [0.05, 0.1) is 11.3 Å². The Morgan fingerprint density at radius 3 is 2.21 bits per heavy atom. The molecule has 2 N–H and O–H groups in total. The Balaban J connectivity index is 2.20. The molecule has 2 aromatic carbocycles. The fourth-order valence-electron chi connectivity index (χ4n) is 1.92. The van der Waals surface area contributed by atoms with Gasteiger partial charge >= 0.3 is 5.97 Å². The van der Waals surface area contributed by atoms with E-state index in [2.05, 4.69) is 5.32 Å². The number of amides is 1. The Hall–Kier alpha value is -2.24. The van der Waals surface area contributed by atoms with Gasteiger partial charge in [0, 0.05) is 10.0 Å². The SMILES string of the molecule is CC(C)(Oc1ccc(Cl)cc1)C(=O)Nc1cc(Cl)ccc1C(=O)O. The lowest BCUT2D eigenvalue weighted by Gasteiger charge is -2.25. The summed E-state index contributed by atoms with van der Waals surface area (Å²) in [4.78, 5) is 23.7. The molecule has 0 unspecified atom stereocenters. The summed E-state index contributed by atoms with van der Waals surface area (Å²) in [6, 6.07) is 10.7. The van der Waals surface area contributed by atoms with Crippen LogP contribution in [-0.2, 0) is 4.79 Å². The lowest BCUT2D eigenvalue weighted by atomic mass is 10.1. The molecule has 0 bridgehead atoms. The number of aromatic carboxylic acids is 1. The molecule has 0 aliphatic carbocycles. The van der Waals surface area contributed by atoms with Crippen LogP contribution < -0.4 is 10.1 Å². The molecular formula is C17H15Cl2NO4. The van der Waals surface area contributed by atoms with Crippen molar-refractivity contribution in [1.82, 2.24) is 0 Å². The molecule has 0 saturated carbocycles. The number of rotatable bonds is 5. The molecular weight excluding hydrogens is 353 g/mol. The van der Waals surface area contributed by atoms with Gasteiger partial charge in [-0.2, -0.15) is 0 Å². The number of halogens is 2.